The molecule has 0 saturated carbocycles. The van der Waals surface area contributed by atoms with Gasteiger partial charge < -0.3 is 20.1 Å². The molecule has 7 heterocycles. The van der Waals surface area contributed by atoms with Crippen molar-refractivity contribution in [3.8, 4) is 29.1 Å². The summed E-state index contributed by atoms with van der Waals surface area (Å²) in [6.45, 7) is 2.10. The molecular formula is C35H34F3N7O2. The number of phenolic OH excluding ortho intramolecular Hbond substituents is 1. The molecule has 0 aliphatic carbocycles. The van der Waals surface area contributed by atoms with Crippen LogP contribution in [0.4, 0.5) is 19.0 Å². The van der Waals surface area contributed by atoms with E-state index in [-0.39, 0.29) is 58.2 Å². The number of nitrogens with zero attached hydrogens (tertiary/aromatic N) is 6. The molecule has 0 unspecified atom stereocenters. The first-order valence-corrected chi connectivity index (χ1v) is 16.6. The molecule has 4 aromatic rings. The van der Waals surface area contributed by atoms with Crippen LogP contribution in [-0.4, -0.2) is 81.0 Å². The highest BCUT2D eigenvalue weighted by Gasteiger charge is 2.49. The number of pyridine rings is 1. The van der Waals surface area contributed by atoms with Gasteiger partial charge in [0.2, 0.25) is 0 Å². The van der Waals surface area contributed by atoms with E-state index in [2.05, 4.69) is 20.1 Å². The molecule has 0 radical (unpaired) electrons. The van der Waals surface area contributed by atoms with E-state index >= 15 is 4.39 Å². The normalized spacial score (nSPS) is 28.3. The molecule has 2 N–H and O–H groups in total. The highest BCUT2D eigenvalue weighted by atomic mass is 19.1. The van der Waals surface area contributed by atoms with Crippen LogP contribution in [0.15, 0.2) is 24.3 Å². The number of fused-ring (bicyclic) bond motifs is 7. The van der Waals surface area contributed by atoms with Crippen molar-refractivity contribution in [3.63, 3.8) is 0 Å². The number of hydrogen-bond donors (Lipinski definition) is 2. The molecule has 242 valence electrons. The van der Waals surface area contributed by atoms with Crippen molar-refractivity contribution in [2.24, 2.45) is 0 Å². The number of benzene rings is 2. The quantitative estimate of drug-likeness (QED) is 0.307. The van der Waals surface area contributed by atoms with E-state index in [1.54, 1.807) is 0 Å². The van der Waals surface area contributed by atoms with Crippen LogP contribution in [0.1, 0.15) is 56.2 Å². The van der Waals surface area contributed by atoms with Crippen LogP contribution >= 0.6 is 0 Å². The highest BCUT2D eigenvalue weighted by Crippen LogP contribution is 2.44. The van der Waals surface area contributed by atoms with Crippen molar-refractivity contribution in [1.29, 1.82) is 5.26 Å². The van der Waals surface area contributed by atoms with E-state index in [0.717, 1.165) is 51.1 Å². The van der Waals surface area contributed by atoms with Crippen LogP contribution in [0.2, 0.25) is 0 Å². The van der Waals surface area contributed by atoms with Gasteiger partial charge in [-0.15, -0.1) is 0 Å². The number of nitriles is 1. The summed E-state index contributed by atoms with van der Waals surface area (Å²) in [5.74, 6) is -1.09. The Kier molecular flexibility index (Phi) is 6.57. The Hall–Kier alpha value is -4.21. The lowest BCUT2D eigenvalue weighted by atomic mass is 9.93. The van der Waals surface area contributed by atoms with Gasteiger partial charge in [0.15, 0.2) is 5.82 Å². The monoisotopic (exact) mass is 641 g/mol. The lowest BCUT2D eigenvalue weighted by Gasteiger charge is -2.43. The second-order valence-corrected chi connectivity index (χ2v) is 13.9. The Bertz CT molecular complexity index is 2000. The summed E-state index contributed by atoms with van der Waals surface area (Å²) in [4.78, 5) is 18.9. The van der Waals surface area contributed by atoms with E-state index in [1.165, 1.54) is 18.2 Å². The number of phenols is 1. The fourth-order valence-corrected chi connectivity index (χ4v) is 9.17. The number of anilines is 1. The second kappa shape index (κ2) is 10.7. The molecule has 9 rings (SSSR count). The zero-order valence-electron chi connectivity index (χ0n) is 25.8. The van der Waals surface area contributed by atoms with Gasteiger partial charge in [0, 0.05) is 48.6 Å². The van der Waals surface area contributed by atoms with E-state index < -0.39 is 23.3 Å². The molecular weight excluding hydrogens is 607 g/mol. The maximum atomic E-state index is 17.1. The SMILES string of the molecule is N#Cc1c(F)ccc2cc(O)cc(-c3nc4c5c(nc(OC[C@@]67CCCN6C[C@H](F)C7)nc5c3F)N3C[C@H]5CC[C@H](N5)[C@H]3CCC4)c12. The summed E-state index contributed by atoms with van der Waals surface area (Å²) in [6.07, 6.45) is 5.57. The smallest absolute Gasteiger partial charge is 0.319 e. The molecule has 0 spiro atoms. The molecule has 47 heavy (non-hydrogen) atoms. The standard InChI is InChI=1S/C35H34F3N7O2/c36-19-13-35(9-2-10-44(35)15-19)17-47-34-42-32-29-26(3-1-4-27-25-8-6-20(40-25)16-45(27)33(29)43-34)41-31(30(32)38)22-12-21(46)11-18-5-7-24(37)23(14-39)28(18)22/h5,7,11-12,19-20,25,27,40,46H,1-4,6,8-10,13,15-17H2/t19-,20-,25+,27-,35+/m1/s1. The Morgan fingerprint density at radius 1 is 1.09 bits per heavy atom. The molecule has 5 aliphatic rings. The summed E-state index contributed by atoms with van der Waals surface area (Å²) in [7, 11) is 0. The van der Waals surface area contributed by atoms with Crippen LogP contribution in [0.5, 0.6) is 11.8 Å². The Balaban J connectivity index is 1.26. The maximum Gasteiger partial charge on any atom is 0.319 e. The lowest BCUT2D eigenvalue weighted by molar-refractivity contribution is 0.107. The molecule has 5 atom stereocenters. The zero-order chi connectivity index (χ0) is 32.0. The topological polar surface area (TPSA) is 110 Å². The van der Waals surface area contributed by atoms with Crippen LogP contribution in [-0.2, 0) is 6.42 Å². The number of hydrogen-bond acceptors (Lipinski definition) is 9. The first kappa shape index (κ1) is 29.0. The Morgan fingerprint density at radius 3 is 2.85 bits per heavy atom. The fourth-order valence-electron chi connectivity index (χ4n) is 9.17. The first-order valence-electron chi connectivity index (χ1n) is 16.6. The summed E-state index contributed by atoms with van der Waals surface area (Å²) in [5, 5.41) is 25.4. The number of alkyl halides is 1. The summed E-state index contributed by atoms with van der Waals surface area (Å²) < 4.78 is 52.9. The van der Waals surface area contributed by atoms with E-state index in [0.29, 0.717) is 54.3 Å². The van der Waals surface area contributed by atoms with Gasteiger partial charge in [-0.05, 0) is 75.1 Å². The molecule has 9 nitrogen and oxygen atoms in total. The molecule has 4 fully saturated rings. The van der Waals surface area contributed by atoms with Gasteiger partial charge in [-0.25, -0.2) is 18.2 Å². The van der Waals surface area contributed by atoms with Gasteiger partial charge in [0.1, 0.15) is 47.4 Å². The van der Waals surface area contributed by atoms with Crippen LogP contribution in [0, 0.1) is 23.0 Å². The molecule has 2 aromatic heterocycles. The van der Waals surface area contributed by atoms with Gasteiger partial charge in [-0.1, -0.05) is 6.07 Å². The van der Waals surface area contributed by atoms with Gasteiger partial charge in [0.25, 0.3) is 0 Å². The third-order valence-corrected chi connectivity index (χ3v) is 11.2. The summed E-state index contributed by atoms with van der Waals surface area (Å²) in [6, 6.07) is 8.03. The van der Waals surface area contributed by atoms with Gasteiger partial charge in [-0.3, -0.25) is 4.90 Å². The zero-order valence-corrected chi connectivity index (χ0v) is 25.8. The van der Waals surface area contributed by atoms with Crippen LogP contribution in [0.3, 0.4) is 0 Å². The lowest BCUT2D eigenvalue weighted by Crippen LogP contribution is -2.58. The van der Waals surface area contributed by atoms with Crippen molar-refractivity contribution in [2.45, 2.75) is 81.2 Å². The Labute approximate surface area is 269 Å². The van der Waals surface area contributed by atoms with Crippen molar-refractivity contribution in [1.82, 2.24) is 25.2 Å². The van der Waals surface area contributed by atoms with Crippen molar-refractivity contribution in [2.75, 3.05) is 31.1 Å². The summed E-state index contributed by atoms with van der Waals surface area (Å²) >= 11 is 0. The number of aryl methyl sites for hydroxylation is 1. The molecule has 5 aliphatic heterocycles. The highest BCUT2D eigenvalue weighted by molar-refractivity contribution is 6.03. The molecule has 2 aromatic carbocycles. The second-order valence-electron chi connectivity index (χ2n) is 13.9. The number of halogens is 3. The molecule has 0 amide bonds. The third kappa shape index (κ3) is 4.46. The third-order valence-electron chi connectivity index (χ3n) is 11.2. The van der Waals surface area contributed by atoms with Crippen molar-refractivity contribution in [3.05, 3.63) is 47.2 Å². The number of aromatic hydroxyl groups is 1. The number of nitrogens with one attached hydrogen (secondary N) is 1. The van der Waals surface area contributed by atoms with E-state index in [9.17, 15) is 19.1 Å². The average molecular weight is 642 g/mol. The molecule has 12 heteroatoms. The van der Waals surface area contributed by atoms with Crippen molar-refractivity contribution < 1.29 is 23.0 Å². The molecule has 2 bridgehead atoms. The van der Waals surface area contributed by atoms with E-state index in [4.69, 9.17) is 14.7 Å². The van der Waals surface area contributed by atoms with Gasteiger partial charge in [-0.2, -0.15) is 15.2 Å². The predicted octanol–water partition coefficient (Wildman–Crippen LogP) is 5.30. The molecule has 4 saturated heterocycles. The van der Waals surface area contributed by atoms with Crippen LogP contribution in [0.25, 0.3) is 32.9 Å². The maximum absolute atomic E-state index is 17.1. The number of piperazine rings is 1. The predicted molar refractivity (Wildman–Crippen MR) is 169 cm³/mol. The number of ether oxygens (including phenoxy) is 1. The minimum absolute atomic E-state index is 0.0211. The van der Waals surface area contributed by atoms with Gasteiger partial charge >= 0.3 is 6.01 Å². The van der Waals surface area contributed by atoms with Gasteiger partial charge in [0.05, 0.1) is 22.2 Å². The fraction of sp³-hybridized carbons (Fsp3) is 0.486. The Morgan fingerprint density at radius 2 is 1.98 bits per heavy atom. The van der Waals surface area contributed by atoms with Crippen LogP contribution < -0.4 is 15.0 Å². The largest absolute Gasteiger partial charge is 0.508 e. The van der Waals surface area contributed by atoms with Crippen molar-refractivity contribution >= 4 is 27.5 Å². The average Bonchev–Trinajstić information content (AvgIpc) is 3.72. The summed E-state index contributed by atoms with van der Waals surface area (Å²) in [5.41, 5.74) is -0.0826. The number of aromatic nitrogens is 3. The minimum Gasteiger partial charge on any atom is -0.508 e. The number of rotatable bonds is 4. The minimum atomic E-state index is -0.921. The van der Waals surface area contributed by atoms with E-state index in [1.807, 2.05) is 6.07 Å². The first-order chi connectivity index (χ1) is 22.8.